The molecule has 0 aliphatic carbocycles. The number of unbranched alkanes of at least 4 members (excludes halogenated alkanes) is 4. The van der Waals surface area contributed by atoms with Crippen LogP contribution in [0.5, 0.6) is 0 Å². The zero-order valence-corrected chi connectivity index (χ0v) is 21.0. The highest BCUT2D eigenvalue weighted by Gasteiger charge is 2.10. The second-order valence-corrected chi connectivity index (χ2v) is 9.26. The lowest BCUT2D eigenvalue weighted by Crippen LogP contribution is -1.95. The third kappa shape index (κ3) is 7.05. The largest absolute Gasteiger partial charge is 0.396 e. The van der Waals surface area contributed by atoms with Crippen molar-refractivity contribution in [3.63, 3.8) is 0 Å². The van der Waals surface area contributed by atoms with Crippen molar-refractivity contribution < 1.29 is 5.11 Å². The van der Waals surface area contributed by atoms with E-state index in [1.165, 1.54) is 70.2 Å². The highest BCUT2D eigenvalue weighted by atomic mass is 16.2. The van der Waals surface area contributed by atoms with E-state index in [2.05, 4.69) is 81.4 Å². The SMILES string of the molecule is CCCCCc1ccc(-c2ccc(-c3ccc(CCCCCO)cc3CC)cc2CC)cc1. The van der Waals surface area contributed by atoms with Gasteiger partial charge in [-0.15, -0.1) is 0 Å². The van der Waals surface area contributed by atoms with Crippen molar-refractivity contribution in [3.8, 4) is 22.3 Å². The number of hydrogen-bond acceptors (Lipinski definition) is 1. The normalized spacial score (nSPS) is 11.2. The average Bonchev–Trinajstić information content (AvgIpc) is 2.86. The molecular formula is C32H42O. The number of aryl methyl sites for hydroxylation is 4. The van der Waals surface area contributed by atoms with E-state index in [-0.39, 0.29) is 0 Å². The average molecular weight is 443 g/mol. The summed E-state index contributed by atoms with van der Waals surface area (Å²) in [7, 11) is 0. The number of benzene rings is 3. The van der Waals surface area contributed by atoms with Crippen molar-refractivity contribution in [2.24, 2.45) is 0 Å². The number of hydrogen-bond donors (Lipinski definition) is 1. The molecule has 0 unspecified atom stereocenters. The molecule has 0 spiro atoms. The van der Waals surface area contributed by atoms with E-state index < -0.39 is 0 Å². The summed E-state index contributed by atoms with van der Waals surface area (Å²) in [4.78, 5) is 0. The molecule has 0 saturated carbocycles. The lowest BCUT2D eigenvalue weighted by Gasteiger charge is -2.15. The Morgan fingerprint density at radius 3 is 1.82 bits per heavy atom. The molecule has 0 fully saturated rings. The van der Waals surface area contributed by atoms with Crippen molar-refractivity contribution >= 4 is 0 Å². The fraction of sp³-hybridized carbons (Fsp3) is 0.438. The maximum Gasteiger partial charge on any atom is 0.0431 e. The Labute approximate surface area is 201 Å². The molecule has 3 rings (SSSR count). The van der Waals surface area contributed by atoms with Gasteiger partial charge in [-0.25, -0.2) is 0 Å². The topological polar surface area (TPSA) is 20.2 Å². The monoisotopic (exact) mass is 442 g/mol. The van der Waals surface area contributed by atoms with Crippen LogP contribution in [-0.2, 0) is 25.7 Å². The summed E-state index contributed by atoms with van der Waals surface area (Å²) in [6.45, 7) is 7.08. The quantitative estimate of drug-likeness (QED) is 0.263. The molecule has 176 valence electrons. The van der Waals surface area contributed by atoms with Gasteiger partial charge in [0.05, 0.1) is 0 Å². The van der Waals surface area contributed by atoms with E-state index in [9.17, 15) is 0 Å². The van der Waals surface area contributed by atoms with Gasteiger partial charge in [0, 0.05) is 6.61 Å². The number of aliphatic hydroxyl groups excluding tert-OH is 1. The van der Waals surface area contributed by atoms with Crippen molar-refractivity contribution in [2.45, 2.75) is 85.0 Å². The lowest BCUT2D eigenvalue weighted by molar-refractivity contribution is 0.283. The Hall–Kier alpha value is -2.38. The Balaban J connectivity index is 1.80. The molecule has 0 heterocycles. The molecule has 0 aromatic heterocycles. The minimum absolute atomic E-state index is 0.304. The zero-order valence-electron chi connectivity index (χ0n) is 21.0. The maximum absolute atomic E-state index is 8.99. The first-order chi connectivity index (χ1) is 16.2. The van der Waals surface area contributed by atoms with Crippen LogP contribution in [0.1, 0.15) is 81.5 Å². The molecule has 0 bridgehead atoms. The van der Waals surface area contributed by atoms with E-state index in [1.807, 2.05) is 0 Å². The summed E-state index contributed by atoms with van der Waals surface area (Å²) in [6, 6.07) is 23.3. The van der Waals surface area contributed by atoms with Crippen LogP contribution < -0.4 is 0 Å². The van der Waals surface area contributed by atoms with Crippen LogP contribution in [0.3, 0.4) is 0 Å². The van der Waals surface area contributed by atoms with Gasteiger partial charge in [0.1, 0.15) is 0 Å². The molecule has 1 nitrogen and oxygen atoms in total. The zero-order chi connectivity index (χ0) is 23.5. The van der Waals surface area contributed by atoms with Crippen LogP contribution in [0.4, 0.5) is 0 Å². The minimum Gasteiger partial charge on any atom is -0.396 e. The number of rotatable bonds is 13. The van der Waals surface area contributed by atoms with Gasteiger partial charge in [-0.05, 0) is 89.5 Å². The third-order valence-electron chi connectivity index (χ3n) is 6.81. The highest BCUT2D eigenvalue weighted by molar-refractivity contribution is 5.75. The first-order valence-corrected chi connectivity index (χ1v) is 13.1. The molecule has 0 saturated heterocycles. The lowest BCUT2D eigenvalue weighted by atomic mass is 9.90. The van der Waals surface area contributed by atoms with Crippen LogP contribution in [-0.4, -0.2) is 11.7 Å². The predicted octanol–water partition coefficient (Wildman–Crippen LogP) is 8.58. The van der Waals surface area contributed by atoms with Crippen molar-refractivity contribution in [1.82, 2.24) is 0 Å². The van der Waals surface area contributed by atoms with Gasteiger partial charge in [0.25, 0.3) is 0 Å². The van der Waals surface area contributed by atoms with E-state index in [0.717, 1.165) is 38.5 Å². The Kier molecular flexibility index (Phi) is 10.2. The molecule has 0 aliphatic rings. The molecule has 0 aliphatic heterocycles. The van der Waals surface area contributed by atoms with Gasteiger partial charge in [-0.3, -0.25) is 0 Å². The first kappa shape index (κ1) is 25.2. The van der Waals surface area contributed by atoms with Crippen molar-refractivity contribution in [2.75, 3.05) is 6.61 Å². The molecule has 3 aromatic carbocycles. The fourth-order valence-corrected chi connectivity index (χ4v) is 4.76. The molecule has 3 aromatic rings. The highest BCUT2D eigenvalue weighted by Crippen LogP contribution is 2.32. The van der Waals surface area contributed by atoms with E-state index in [4.69, 9.17) is 5.11 Å². The minimum atomic E-state index is 0.304. The second kappa shape index (κ2) is 13.4. The molecule has 0 atom stereocenters. The molecule has 0 radical (unpaired) electrons. The van der Waals surface area contributed by atoms with E-state index in [0.29, 0.717) is 6.61 Å². The fourth-order valence-electron chi connectivity index (χ4n) is 4.76. The van der Waals surface area contributed by atoms with Gasteiger partial charge in [-0.2, -0.15) is 0 Å². The summed E-state index contributed by atoms with van der Waals surface area (Å²) < 4.78 is 0. The van der Waals surface area contributed by atoms with E-state index >= 15 is 0 Å². The van der Waals surface area contributed by atoms with Crippen molar-refractivity contribution in [3.05, 3.63) is 82.9 Å². The Bertz CT molecular complexity index is 984. The van der Waals surface area contributed by atoms with Gasteiger partial charge in [-0.1, -0.05) is 101 Å². The van der Waals surface area contributed by atoms with Gasteiger partial charge in [0.2, 0.25) is 0 Å². The number of aliphatic hydroxyl groups is 1. The summed E-state index contributed by atoms with van der Waals surface area (Å²) >= 11 is 0. The smallest absolute Gasteiger partial charge is 0.0431 e. The summed E-state index contributed by atoms with van der Waals surface area (Å²) in [5.41, 5.74) is 11.1. The Morgan fingerprint density at radius 1 is 0.545 bits per heavy atom. The van der Waals surface area contributed by atoms with Crippen molar-refractivity contribution in [1.29, 1.82) is 0 Å². The molecule has 1 heteroatoms. The summed E-state index contributed by atoms with van der Waals surface area (Å²) in [5, 5.41) is 8.99. The van der Waals surface area contributed by atoms with E-state index in [1.54, 1.807) is 0 Å². The summed E-state index contributed by atoms with van der Waals surface area (Å²) in [6.07, 6.45) is 11.4. The second-order valence-electron chi connectivity index (χ2n) is 9.26. The van der Waals surface area contributed by atoms with Gasteiger partial charge >= 0.3 is 0 Å². The Morgan fingerprint density at radius 2 is 1.12 bits per heavy atom. The van der Waals surface area contributed by atoms with Crippen LogP contribution >= 0.6 is 0 Å². The van der Waals surface area contributed by atoms with Crippen LogP contribution in [0.15, 0.2) is 60.7 Å². The predicted molar refractivity (Wildman–Crippen MR) is 144 cm³/mol. The maximum atomic E-state index is 8.99. The molecule has 33 heavy (non-hydrogen) atoms. The van der Waals surface area contributed by atoms with Gasteiger partial charge < -0.3 is 5.11 Å². The van der Waals surface area contributed by atoms with Crippen LogP contribution in [0.2, 0.25) is 0 Å². The van der Waals surface area contributed by atoms with Gasteiger partial charge in [0.15, 0.2) is 0 Å². The standard InChI is InChI=1S/C32H42O/c1-4-7-9-12-25-14-17-29(18-15-25)31-21-19-30(24-28(31)6-3)32-20-16-26(23-27(32)5-2)13-10-8-11-22-33/h14-21,23-24,33H,4-13,22H2,1-3H3. The first-order valence-electron chi connectivity index (χ1n) is 13.1. The third-order valence-corrected chi connectivity index (χ3v) is 6.81. The summed E-state index contributed by atoms with van der Waals surface area (Å²) in [5.74, 6) is 0. The molecular weight excluding hydrogens is 400 g/mol. The van der Waals surface area contributed by atoms with Crippen LogP contribution in [0.25, 0.3) is 22.3 Å². The molecule has 1 N–H and O–H groups in total. The van der Waals surface area contributed by atoms with Crippen LogP contribution in [0, 0.1) is 0 Å². The molecule has 0 amide bonds.